The number of benzene rings is 1. The van der Waals surface area contributed by atoms with Gasteiger partial charge in [-0.2, -0.15) is 0 Å². The van der Waals surface area contributed by atoms with Gasteiger partial charge in [0.1, 0.15) is 0 Å². The number of Topliss-reactive ketones (excluding diaryl/α,β-unsaturated/α-hetero) is 1. The number of fused-ring (bicyclic) bond motifs is 1. The normalized spacial score (nSPS) is 11.2. The van der Waals surface area contributed by atoms with E-state index in [1.54, 1.807) is 0 Å². The summed E-state index contributed by atoms with van der Waals surface area (Å²) < 4.78 is 1.92. The summed E-state index contributed by atoms with van der Waals surface area (Å²) in [5, 5.41) is 1.77. The van der Waals surface area contributed by atoms with E-state index in [-0.39, 0.29) is 11.7 Å². The lowest BCUT2D eigenvalue weighted by molar-refractivity contribution is -0.122. The molecule has 3 heteroatoms. The largest absolute Gasteiger partial charge is 0.339 e. The Labute approximate surface area is 99.8 Å². The molecule has 2 aromatic rings. The third kappa shape index (κ3) is 1.98. The highest BCUT2D eigenvalue weighted by Gasteiger charge is 2.11. The summed E-state index contributed by atoms with van der Waals surface area (Å²) in [5.41, 5.74) is 0.943. The van der Waals surface area contributed by atoms with E-state index in [1.807, 2.05) is 48.9 Å². The van der Waals surface area contributed by atoms with Gasteiger partial charge < -0.3 is 4.57 Å². The van der Waals surface area contributed by atoms with Crippen LogP contribution in [0, 0.1) is 5.92 Å². The average molecular weight is 236 g/mol. The van der Waals surface area contributed by atoms with Crippen LogP contribution in [0.15, 0.2) is 30.5 Å². The number of hydrogen-bond donors (Lipinski definition) is 0. The van der Waals surface area contributed by atoms with Gasteiger partial charge in [0, 0.05) is 17.5 Å². The summed E-state index contributed by atoms with van der Waals surface area (Å²) >= 11 is 6.13. The lowest BCUT2D eigenvalue weighted by Gasteiger charge is -2.07. The minimum absolute atomic E-state index is 0.0555. The van der Waals surface area contributed by atoms with Gasteiger partial charge in [-0.05, 0) is 12.1 Å². The first-order chi connectivity index (χ1) is 7.59. The van der Waals surface area contributed by atoms with Crippen LogP contribution in [0.4, 0.5) is 0 Å². The molecule has 0 N–H and O–H groups in total. The van der Waals surface area contributed by atoms with Crippen molar-refractivity contribution in [2.24, 2.45) is 5.92 Å². The van der Waals surface area contributed by atoms with Gasteiger partial charge in [-0.3, -0.25) is 4.79 Å². The Balaban J connectivity index is 2.42. The zero-order chi connectivity index (χ0) is 11.7. The number of carbonyl (C=O) groups excluding carboxylic acids is 1. The highest BCUT2D eigenvalue weighted by molar-refractivity contribution is 6.35. The van der Waals surface area contributed by atoms with Crippen molar-refractivity contribution in [2.75, 3.05) is 0 Å². The lowest BCUT2D eigenvalue weighted by atomic mass is 10.1. The van der Waals surface area contributed by atoms with E-state index in [1.165, 1.54) is 0 Å². The molecule has 0 saturated heterocycles. The van der Waals surface area contributed by atoms with Gasteiger partial charge in [-0.15, -0.1) is 0 Å². The summed E-state index contributed by atoms with van der Waals surface area (Å²) in [5.74, 6) is 0.275. The van der Waals surface area contributed by atoms with Crippen LogP contribution in [0.2, 0.25) is 5.02 Å². The molecule has 0 radical (unpaired) electrons. The molecule has 0 aliphatic heterocycles. The number of hydrogen-bond acceptors (Lipinski definition) is 1. The van der Waals surface area contributed by atoms with E-state index in [0.29, 0.717) is 11.6 Å². The Morgan fingerprint density at radius 3 is 2.81 bits per heavy atom. The van der Waals surface area contributed by atoms with Gasteiger partial charge in [0.15, 0.2) is 5.78 Å². The van der Waals surface area contributed by atoms with Crippen LogP contribution < -0.4 is 0 Å². The van der Waals surface area contributed by atoms with Gasteiger partial charge in [0.05, 0.1) is 17.1 Å². The second kappa shape index (κ2) is 4.30. The maximum absolute atomic E-state index is 11.7. The SMILES string of the molecule is CC(C)C(=O)Cn1ccc2cccc(Cl)c21. The maximum atomic E-state index is 11.7. The van der Waals surface area contributed by atoms with E-state index in [0.717, 1.165) is 10.9 Å². The van der Waals surface area contributed by atoms with E-state index >= 15 is 0 Å². The molecule has 1 aromatic carbocycles. The fourth-order valence-electron chi connectivity index (χ4n) is 1.70. The van der Waals surface area contributed by atoms with Crippen molar-refractivity contribution in [1.29, 1.82) is 0 Å². The number of halogens is 1. The molecule has 84 valence electrons. The van der Waals surface area contributed by atoms with Crippen molar-refractivity contribution in [3.8, 4) is 0 Å². The maximum Gasteiger partial charge on any atom is 0.155 e. The standard InChI is InChI=1S/C13H14ClNO/c1-9(2)12(16)8-15-7-6-10-4-3-5-11(14)13(10)15/h3-7,9H,8H2,1-2H3. The van der Waals surface area contributed by atoms with Crippen LogP contribution in [0.25, 0.3) is 10.9 Å². The zero-order valence-electron chi connectivity index (χ0n) is 9.40. The summed E-state index contributed by atoms with van der Waals surface area (Å²) in [6.07, 6.45) is 1.91. The monoisotopic (exact) mass is 235 g/mol. The molecule has 1 aromatic heterocycles. The number of aromatic nitrogens is 1. The van der Waals surface area contributed by atoms with Crippen LogP contribution in [-0.4, -0.2) is 10.4 Å². The zero-order valence-corrected chi connectivity index (χ0v) is 10.2. The third-order valence-corrected chi connectivity index (χ3v) is 3.01. The Morgan fingerprint density at radius 2 is 2.12 bits per heavy atom. The minimum Gasteiger partial charge on any atom is -0.339 e. The highest BCUT2D eigenvalue weighted by Crippen LogP contribution is 2.24. The number of para-hydroxylation sites is 1. The third-order valence-electron chi connectivity index (χ3n) is 2.71. The van der Waals surface area contributed by atoms with Crippen molar-refractivity contribution in [3.63, 3.8) is 0 Å². The van der Waals surface area contributed by atoms with Gasteiger partial charge in [0.2, 0.25) is 0 Å². The molecule has 0 unspecified atom stereocenters. The number of carbonyl (C=O) groups is 1. The molecule has 0 fully saturated rings. The number of nitrogens with zero attached hydrogens (tertiary/aromatic N) is 1. The molecule has 0 aliphatic carbocycles. The quantitative estimate of drug-likeness (QED) is 0.798. The van der Waals surface area contributed by atoms with Crippen molar-refractivity contribution < 1.29 is 4.79 Å². The van der Waals surface area contributed by atoms with Crippen molar-refractivity contribution >= 4 is 28.3 Å². The Hall–Kier alpha value is -1.28. The predicted octanol–water partition coefficient (Wildman–Crippen LogP) is 3.52. The smallest absolute Gasteiger partial charge is 0.155 e. The summed E-state index contributed by atoms with van der Waals surface area (Å²) in [7, 11) is 0. The Bertz CT molecular complexity index is 528. The van der Waals surface area contributed by atoms with Gasteiger partial charge in [-0.25, -0.2) is 0 Å². The van der Waals surface area contributed by atoms with Gasteiger partial charge in [-0.1, -0.05) is 37.6 Å². The molecule has 16 heavy (non-hydrogen) atoms. The van der Waals surface area contributed by atoms with Crippen LogP contribution in [0.3, 0.4) is 0 Å². The molecule has 0 saturated carbocycles. The molecular formula is C13H14ClNO. The Kier molecular flexibility index (Phi) is 3.01. The highest BCUT2D eigenvalue weighted by atomic mass is 35.5. The molecule has 0 spiro atoms. The summed E-state index contributed by atoms with van der Waals surface area (Å²) in [6.45, 7) is 4.22. The topological polar surface area (TPSA) is 22.0 Å². The molecular weight excluding hydrogens is 222 g/mol. The van der Waals surface area contributed by atoms with Crippen LogP contribution >= 0.6 is 11.6 Å². The molecule has 0 amide bonds. The fourth-order valence-corrected chi connectivity index (χ4v) is 1.99. The first kappa shape index (κ1) is 11.2. The Morgan fingerprint density at radius 1 is 1.38 bits per heavy atom. The number of rotatable bonds is 3. The summed E-state index contributed by atoms with van der Waals surface area (Å²) in [6, 6.07) is 7.74. The molecule has 0 aliphatic rings. The van der Waals surface area contributed by atoms with Crippen molar-refractivity contribution in [3.05, 3.63) is 35.5 Å². The molecule has 0 atom stereocenters. The van der Waals surface area contributed by atoms with E-state index in [9.17, 15) is 4.79 Å². The first-order valence-corrected chi connectivity index (χ1v) is 5.73. The lowest BCUT2D eigenvalue weighted by Crippen LogP contribution is -2.14. The fraction of sp³-hybridized carbons (Fsp3) is 0.308. The van der Waals surface area contributed by atoms with Crippen LogP contribution in [-0.2, 0) is 11.3 Å². The van der Waals surface area contributed by atoms with Gasteiger partial charge in [0.25, 0.3) is 0 Å². The minimum atomic E-state index is 0.0555. The second-order valence-electron chi connectivity index (χ2n) is 4.24. The number of ketones is 1. The van der Waals surface area contributed by atoms with Crippen molar-refractivity contribution in [1.82, 2.24) is 4.57 Å². The molecule has 0 bridgehead atoms. The predicted molar refractivity (Wildman–Crippen MR) is 66.8 cm³/mol. The first-order valence-electron chi connectivity index (χ1n) is 5.35. The van der Waals surface area contributed by atoms with E-state index < -0.39 is 0 Å². The van der Waals surface area contributed by atoms with Crippen LogP contribution in [0.5, 0.6) is 0 Å². The van der Waals surface area contributed by atoms with E-state index in [2.05, 4.69) is 0 Å². The molecule has 2 nitrogen and oxygen atoms in total. The van der Waals surface area contributed by atoms with Crippen LogP contribution in [0.1, 0.15) is 13.8 Å². The van der Waals surface area contributed by atoms with E-state index in [4.69, 9.17) is 11.6 Å². The van der Waals surface area contributed by atoms with Gasteiger partial charge >= 0.3 is 0 Å². The summed E-state index contributed by atoms with van der Waals surface area (Å²) in [4.78, 5) is 11.7. The average Bonchev–Trinajstić information content (AvgIpc) is 2.63. The van der Waals surface area contributed by atoms with Crippen molar-refractivity contribution in [2.45, 2.75) is 20.4 Å². The second-order valence-corrected chi connectivity index (χ2v) is 4.65. The molecule has 2 rings (SSSR count). The molecule has 1 heterocycles.